The molecule has 6 heteroatoms. The lowest BCUT2D eigenvalue weighted by molar-refractivity contribution is 0.0696. The summed E-state index contributed by atoms with van der Waals surface area (Å²) in [6, 6.07) is 4.52. The van der Waals surface area contributed by atoms with Crippen molar-refractivity contribution >= 4 is 33.6 Å². The van der Waals surface area contributed by atoms with Crippen LogP contribution >= 0.6 is 15.9 Å². The molecule has 1 rings (SSSR count). The molecule has 0 saturated heterocycles. The summed E-state index contributed by atoms with van der Waals surface area (Å²) < 4.78 is 0.486. The van der Waals surface area contributed by atoms with Crippen LogP contribution < -0.4 is 5.32 Å². The second kappa shape index (κ2) is 8.02. The van der Waals surface area contributed by atoms with Gasteiger partial charge in [-0.05, 0) is 47.0 Å². The number of nitrogens with one attached hydrogen (secondary N) is 1. The predicted molar refractivity (Wildman–Crippen MR) is 86.8 cm³/mol. The van der Waals surface area contributed by atoms with Crippen molar-refractivity contribution in [3.8, 4) is 0 Å². The van der Waals surface area contributed by atoms with Crippen LogP contribution in [0.5, 0.6) is 0 Å². The van der Waals surface area contributed by atoms with Crippen LogP contribution in [0.4, 0.5) is 10.5 Å². The van der Waals surface area contributed by atoms with Gasteiger partial charge in [-0.2, -0.15) is 0 Å². The van der Waals surface area contributed by atoms with E-state index in [1.54, 1.807) is 17.0 Å². The number of carboxylic acids is 1. The number of hydrogen-bond donors (Lipinski definition) is 2. The average Bonchev–Trinajstić information content (AvgIpc) is 2.45. The van der Waals surface area contributed by atoms with E-state index in [4.69, 9.17) is 5.11 Å². The van der Waals surface area contributed by atoms with Gasteiger partial charge in [-0.1, -0.05) is 20.3 Å². The van der Waals surface area contributed by atoms with Crippen LogP contribution in [0.25, 0.3) is 0 Å². The summed E-state index contributed by atoms with van der Waals surface area (Å²) in [6.45, 7) is 7.40. The van der Waals surface area contributed by atoms with E-state index in [-0.39, 0.29) is 11.6 Å². The standard InChI is InChI=1S/C15H21BrN2O3/c1-4-10(3)9-18(5-2)15(21)17-11-6-7-13(16)12(8-11)14(19)20/h6-8,10H,4-5,9H2,1-3H3,(H,17,21)(H,19,20). The minimum Gasteiger partial charge on any atom is -0.478 e. The normalized spacial score (nSPS) is 11.8. The summed E-state index contributed by atoms with van der Waals surface area (Å²) in [5.74, 6) is -0.611. The van der Waals surface area contributed by atoms with Gasteiger partial charge in [0.05, 0.1) is 5.56 Å². The van der Waals surface area contributed by atoms with Crippen molar-refractivity contribution < 1.29 is 14.7 Å². The molecule has 0 heterocycles. The summed E-state index contributed by atoms with van der Waals surface area (Å²) in [6.07, 6.45) is 1.01. The number of halogens is 1. The maximum absolute atomic E-state index is 12.2. The van der Waals surface area contributed by atoms with Gasteiger partial charge in [-0.25, -0.2) is 9.59 Å². The van der Waals surface area contributed by atoms with E-state index in [9.17, 15) is 9.59 Å². The number of aromatic carboxylic acids is 1. The highest BCUT2D eigenvalue weighted by Gasteiger charge is 2.15. The van der Waals surface area contributed by atoms with Crippen molar-refractivity contribution in [2.75, 3.05) is 18.4 Å². The zero-order valence-electron chi connectivity index (χ0n) is 12.5. The number of hydrogen-bond acceptors (Lipinski definition) is 2. The van der Waals surface area contributed by atoms with Crippen LogP contribution in [0.1, 0.15) is 37.6 Å². The second-order valence-electron chi connectivity index (χ2n) is 4.98. The summed E-state index contributed by atoms with van der Waals surface area (Å²) >= 11 is 3.18. The highest BCUT2D eigenvalue weighted by atomic mass is 79.9. The largest absolute Gasteiger partial charge is 0.478 e. The Balaban J connectivity index is 2.82. The lowest BCUT2D eigenvalue weighted by Gasteiger charge is -2.24. The maximum atomic E-state index is 12.2. The van der Waals surface area contributed by atoms with Gasteiger partial charge in [0.25, 0.3) is 0 Å². The Labute approximate surface area is 133 Å². The summed E-state index contributed by atoms with van der Waals surface area (Å²) in [7, 11) is 0. The van der Waals surface area contributed by atoms with Crippen LogP contribution in [0.3, 0.4) is 0 Å². The summed E-state index contributed by atoms with van der Waals surface area (Å²) in [5, 5.41) is 11.8. The zero-order valence-corrected chi connectivity index (χ0v) is 14.1. The number of rotatable bonds is 6. The number of anilines is 1. The Bertz CT molecular complexity index is 520. The summed E-state index contributed by atoms with van der Waals surface area (Å²) in [4.78, 5) is 25.0. The van der Waals surface area contributed by atoms with E-state index in [2.05, 4.69) is 35.1 Å². The van der Waals surface area contributed by atoms with Crippen LogP contribution in [0.2, 0.25) is 0 Å². The molecule has 1 aromatic rings. The van der Waals surface area contributed by atoms with Crippen molar-refractivity contribution in [2.24, 2.45) is 5.92 Å². The van der Waals surface area contributed by atoms with Crippen molar-refractivity contribution in [2.45, 2.75) is 27.2 Å². The average molecular weight is 357 g/mol. The number of amides is 2. The molecule has 0 aliphatic carbocycles. The van der Waals surface area contributed by atoms with Crippen molar-refractivity contribution in [1.82, 2.24) is 4.90 Å². The Hall–Kier alpha value is -1.56. The van der Waals surface area contributed by atoms with Crippen LogP contribution in [-0.2, 0) is 0 Å². The number of nitrogens with zero attached hydrogens (tertiary/aromatic N) is 1. The first-order valence-corrected chi connectivity index (χ1v) is 7.77. The monoisotopic (exact) mass is 356 g/mol. The van der Waals surface area contributed by atoms with Crippen LogP contribution in [-0.4, -0.2) is 35.1 Å². The lowest BCUT2D eigenvalue weighted by Crippen LogP contribution is -2.37. The van der Waals surface area contributed by atoms with E-state index in [0.29, 0.717) is 29.2 Å². The first kappa shape index (κ1) is 17.5. The van der Waals surface area contributed by atoms with Gasteiger partial charge in [0, 0.05) is 23.2 Å². The molecule has 0 aliphatic heterocycles. The zero-order chi connectivity index (χ0) is 16.0. The molecule has 0 spiro atoms. The maximum Gasteiger partial charge on any atom is 0.336 e. The minimum absolute atomic E-state index is 0.123. The lowest BCUT2D eigenvalue weighted by atomic mass is 10.1. The van der Waals surface area contributed by atoms with Crippen LogP contribution in [0, 0.1) is 5.92 Å². The van der Waals surface area contributed by atoms with E-state index < -0.39 is 5.97 Å². The molecule has 5 nitrogen and oxygen atoms in total. The fourth-order valence-corrected chi connectivity index (χ4v) is 2.25. The highest BCUT2D eigenvalue weighted by Crippen LogP contribution is 2.21. The van der Waals surface area contributed by atoms with Gasteiger partial charge in [-0.15, -0.1) is 0 Å². The predicted octanol–water partition coefficient (Wildman–Crippen LogP) is 4.05. The third-order valence-electron chi connectivity index (χ3n) is 3.35. The molecule has 0 aliphatic rings. The molecule has 0 radical (unpaired) electrons. The molecule has 21 heavy (non-hydrogen) atoms. The molecule has 1 atom stereocenters. The molecule has 0 bridgehead atoms. The molecular formula is C15H21BrN2O3. The Morgan fingerprint density at radius 3 is 2.57 bits per heavy atom. The van der Waals surface area contributed by atoms with E-state index in [1.165, 1.54) is 6.07 Å². The van der Waals surface area contributed by atoms with Gasteiger partial charge >= 0.3 is 12.0 Å². The molecule has 2 N–H and O–H groups in total. The fraction of sp³-hybridized carbons (Fsp3) is 0.467. The molecule has 1 aromatic carbocycles. The van der Waals surface area contributed by atoms with Crippen molar-refractivity contribution in [1.29, 1.82) is 0 Å². The van der Waals surface area contributed by atoms with Crippen molar-refractivity contribution in [3.05, 3.63) is 28.2 Å². The Morgan fingerprint density at radius 1 is 1.38 bits per heavy atom. The number of carbonyl (C=O) groups is 2. The number of benzene rings is 1. The first-order chi connectivity index (χ1) is 9.88. The quantitative estimate of drug-likeness (QED) is 0.807. The third kappa shape index (κ3) is 5.04. The van der Waals surface area contributed by atoms with E-state index in [0.717, 1.165) is 6.42 Å². The van der Waals surface area contributed by atoms with Gasteiger partial charge in [-0.3, -0.25) is 0 Å². The SMILES string of the molecule is CCC(C)CN(CC)C(=O)Nc1ccc(Br)c(C(=O)O)c1. The van der Waals surface area contributed by atoms with Gasteiger partial charge in [0.1, 0.15) is 0 Å². The molecule has 1 unspecified atom stereocenters. The molecule has 116 valence electrons. The fourth-order valence-electron chi connectivity index (χ4n) is 1.83. The first-order valence-electron chi connectivity index (χ1n) is 6.97. The van der Waals surface area contributed by atoms with Gasteiger partial charge < -0.3 is 15.3 Å². The number of carbonyl (C=O) groups excluding carboxylic acids is 1. The van der Waals surface area contributed by atoms with E-state index >= 15 is 0 Å². The molecule has 2 amide bonds. The highest BCUT2D eigenvalue weighted by molar-refractivity contribution is 9.10. The minimum atomic E-state index is -1.04. The number of carboxylic acid groups (broad SMARTS) is 1. The smallest absolute Gasteiger partial charge is 0.336 e. The summed E-state index contributed by atoms with van der Waals surface area (Å²) in [5.41, 5.74) is 0.598. The van der Waals surface area contributed by atoms with Crippen LogP contribution in [0.15, 0.2) is 22.7 Å². The second-order valence-corrected chi connectivity index (χ2v) is 5.84. The third-order valence-corrected chi connectivity index (χ3v) is 4.04. The topological polar surface area (TPSA) is 69.6 Å². The molecular weight excluding hydrogens is 336 g/mol. The Kier molecular flexibility index (Phi) is 6.68. The van der Waals surface area contributed by atoms with Crippen molar-refractivity contribution in [3.63, 3.8) is 0 Å². The van der Waals surface area contributed by atoms with Gasteiger partial charge in [0.15, 0.2) is 0 Å². The molecule has 0 saturated carbocycles. The number of urea groups is 1. The molecule has 0 aromatic heterocycles. The Morgan fingerprint density at radius 2 is 2.05 bits per heavy atom. The van der Waals surface area contributed by atoms with Gasteiger partial charge in [0.2, 0.25) is 0 Å². The molecule has 0 fully saturated rings. The van der Waals surface area contributed by atoms with E-state index in [1.807, 2.05) is 6.92 Å².